The van der Waals surface area contributed by atoms with Crippen molar-refractivity contribution < 1.29 is 9.13 Å². The van der Waals surface area contributed by atoms with Gasteiger partial charge in [0.1, 0.15) is 5.82 Å². The fourth-order valence-corrected chi connectivity index (χ4v) is 3.34. The van der Waals surface area contributed by atoms with Crippen LogP contribution in [0.1, 0.15) is 0 Å². The number of nitrogens with two attached hydrogens (primary N) is 1. The number of hydrogen-bond acceptors (Lipinski definition) is 7. The highest BCUT2D eigenvalue weighted by molar-refractivity contribution is 6.37. The zero-order valence-electron chi connectivity index (χ0n) is 15.7. The van der Waals surface area contributed by atoms with Crippen molar-refractivity contribution in [3.8, 4) is 28.4 Å². The second-order valence-corrected chi connectivity index (χ2v) is 7.17. The minimum absolute atomic E-state index is 0.0517. The SMILES string of the molecule is Nc1nn(-c2cc(Cl)c(Oc3n[nH]c(=O)cc3-c3cccc(F)c3)c(Cl)c2)c(=O)[nH]c1=O. The molecular weight excluding hydrogens is 466 g/mol. The molecule has 2 aromatic heterocycles. The molecule has 2 heterocycles. The van der Waals surface area contributed by atoms with E-state index in [0.717, 1.165) is 4.68 Å². The highest BCUT2D eigenvalue weighted by Gasteiger charge is 2.18. The minimum atomic E-state index is -0.860. The number of rotatable bonds is 4. The van der Waals surface area contributed by atoms with Gasteiger partial charge in [-0.1, -0.05) is 35.3 Å². The molecule has 4 rings (SSSR count). The molecule has 4 aromatic rings. The number of nitrogens with one attached hydrogen (secondary N) is 2. The number of H-pyrrole nitrogens is 2. The standard InChI is InChI=1S/C19H11Cl2FN6O4/c20-12-5-10(28-19(31)24-17(30)16(23)27-28)6-13(21)15(12)32-18-11(7-14(29)25-26-18)8-2-1-3-9(22)4-8/h1-7H,(H2,23,27)(H,25,29)(H,24,30,31). The summed E-state index contributed by atoms with van der Waals surface area (Å²) in [4.78, 5) is 37.3. The summed E-state index contributed by atoms with van der Waals surface area (Å²) in [6, 6.07) is 9.25. The molecular formula is C19H11Cl2FN6O4. The van der Waals surface area contributed by atoms with Gasteiger partial charge < -0.3 is 10.5 Å². The fraction of sp³-hybridized carbons (Fsp3) is 0. The van der Waals surface area contributed by atoms with E-state index >= 15 is 0 Å². The first-order valence-corrected chi connectivity index (χ1v) is 9.50. The third kappa shape index (κ3) is 4.11. The van der Waals surface area contributed by atoms with Crippen LogP contribution in [0.3, 0.4) is 0 Å². The summed E-state index contributed by atoms with van der Waals surface area (Å²) < 4.78 is 20.2. The topological polar surface area (TPSA) is 149 Å². The van der Waals surface area contributed by atoms with Crippen molar-refractivity contribution >= 4 is 29.0 Å². The van der Waals surface area contributed by atoms with Crippen LogP contribution in [0.2, 0.25) is 10.0 Å². The Kier molecular flexibility index (Phi) is 5.51. The first kappa shape index (κ1) is 21.3. The Hall–Kier alpha value is -3.96. The van der Waals surface area contributed by atoms with Gasteiger partial charge in [0.15, 0.2) is 5.75 Å². The lowest BCUT2D eigenvalue weighted by Crippen LogP contribution is -2.33. The number of benzene rings is 2. The summed E-state index contributed by atoms with van der Waals surface area (Å²) in [5.41, 5.74) is 3.85. The molecule has 0 radical (unpaired) electrons. The van der Waals surface area contributed by atoms with E-state index in [0.29, 0.717) is 5.56 Å². The van der Waals surface area contributed by atoms with Crippen molar-refractivity contribution in [3.05, 3.63) is 89.5 Å². The van der Waals surface area contributed by atoms with Crippen LogP contribution >= 0.6 is 23.2 Å². The number of aromatic amines is 2. The Morgan fingerprint density at radius 3 is 2.47 bits per heavy atom. The molecule has 0 spiro atoms. The molecule has 0 fully saturated rings. The van der Waals surface area contributed by atoms with Crippen LogP contribution in [0.5, 0.6) is 11.6 Å². The highest BCUT2D eigenvalue weighted by Crippen LogP contribution is 2.39. The number of nitrogens with zero attached hydrogens (tertiary/aromatic N) is 3. The van der Waals surface area contributed by atoms with Gasteiger partial charge in [-0.25, -0.2) is 14.3 Å². The monoisotopic (exact) mass is 476 g/mol. The van der Waals surface area contributed by atoms with E-state index in [4.69, 9.17) is 33.7 Å². The maximum Gasteiger partial charge on any atom is 0.349 e. The zero-order chi connectivity index (χ0) is 23.0. The van der Waals surface area contributed by atoms with E-state index in [2.05, 4.69) is 15.3 Å². The van der Waals surface area contributed by atoms with Gasteiger partial charge in [0, 0.05) is 6.07 Å². The van der Waals surface area contributed by atoms with Crippen molar-refractivity contribution in [1.29, 1.82) is 0 Å². The second-order valence-electron chi connectivity index (χ2n) is 6.36. The van der Waals surface area contributed by atoms with Crippen LogP contribution in [0.15, 0.2) is 56.8 Å². The molecule has 0 bridgehead atoms. The van der Waals surface area contributed by atoms with E-state index in [-0.39, 0.29) is 32.9 Å². The predicted octanol–water partition coefficient (Wildman–Crippen LogP) is 2.49. The highest BCUT2D eigenvalue weighted by atomic mass is 35.5. The first-order valence-electron chi connectivity index (χ1n) is 8.75. The van der Waals surface area contributed by atoms with Crippen LogP contribution < -0.4 is 27.3 Å². The predicted molar refractivity (Wildman–Crippen MR) is 115 cm³/mol. The van der Waals surface area contributed by atoms with E-state index < -0.39 is 28.4 Å². The molecule has 0 saturated carbocycles. The van der Waals surface area contributed by atoms with E-state index in [1.54, 1.807) is 6.07 Å². The van der Waals surface area contributed by atoms with E-state index in [1.165, 1.54) is 36.4 Å². The lowest BCUT2D eigenvalue weighted by atomic mass is 10.1. The summed E-state index contributed by atoms with van der Waals surface area (Å²) >= 11 is 12.6. The molecule has 0 aliphatic rings. The molecule has 0 unspecified atom stereocenters. The molecule has 32 heavy (non-hydrogen) atoms. The van der Waals surface area contributed by atoms with Crippen molar-refractivity contribution in [1.82, 2.24) is 25.0 Å². The molecule has 0 saturated heterocycles. The maximum atomic E-state index is 13.7. The van der Waals surface area contributed by atoms with Gasteiger partial charge in [-0.05, 0) is 29.8 Å². The largest absolute Gasteiger partial charge is 0.434 e. The van der Waals surface area contributed by atoms with Crippen molar-refractivity contribution in [2.24, 2.45) is 0 Å². The Morgan fingerprint density at radius 2 is 1.78 bits per heavy atom. The molecule has 162 valence electrons. The summed E-state index contributed by atoms with van der Waals surface area (Å²) in [7, 11) is 0. The second kappa shape index (κ2) is 8.29. The van der Waals surface area contributed by atoms with Gasteiger partial charge in [-0.2, -0.15) is 4.68 Å². The van der Waals surface area contributed by atoms with Crippen molar-refractivity contribution in [2.75, 3.05) is 5.73 Å². The van der Waals surface area contributed by atoms with Gasteiger partial charge in [-0.15, -0.1) is 10.2 Å². The number of aromatic nitrogens is 5. The number of ether oxygens (including phenoxy) is 1. The van der Waals surface area contributed by atoms with Crippen LogP contribution in [0.4, 0.5) is 10.2 Å². The van der Waals surface area contributed by atoms with Crippen LogP contribution in [-0.2, 0) is 0 Å². The maximum absolute atomic E-state index is 13.7. The average molecular weight is 477 g/mol. The van der Waals surface area contributed by atoms with Crippen LogP contribution in [-0.4, -0.2) is 25.0 Å². The normalized spacial score (nSPS) is 10.8. The van der Waals surface area contributed by atoms with Gasteiger partial charge in [0.2, 0.25) is 11.7 Å². The van der Waals surface area contributed by atoms with Gasteiger partial charge in [-0.3, -0.25) is 14.6 Å². The Balaban J connectivity index is 1.79. The molecule has 4 N–H and O–H groups in total. The Bertz CT molecular complexity index is 1510. The lowest BCUT2D eigenvalue weighted by molar-refractivity contribution is 0.456. The number of nitrogen functional groups attached to an aromatic ring is 1. The summed E-state index contributed by atoms with van der Waals surface area (Å²) in [5, 5.41) is 9.68. The smallest absolute Gasteiger partial charge is 0.349 e. The summed E-state index contributed by atoms with van der Waals surface area (Å²) in [5.74, 6) is -1.11. The summed E-state index contributed by atoms with van der Waals surface area (Å²) in [6.45, 7) is 0. The molecule has 13 heteroatoms. The minimum Gasteiger partial charge on any atom is -0.434 e. The third-order valence-electron chi connectivity index (χ3n) is 4.19. The quantitative estimate of drug-likeness (QED) is 0.409. The van der Waals surface area contributed by atoms with Crippen molar-refractivity contribution in [3.63, 3.8) is 0 Å². The zero-order valence-corrected chi connectivity index (χ0v) is 17.2. The number of hydrogen-bond donors (Lipinski definition) is 3. The molecule has 0 atom stereocenters. The lowest BCUT2D eigenvalue weighted by Gasteiger charge is -2.13. The van der Waals surface area contributed by atoms with E-state index in [1.807, 2.05) is 4.98 Å². The fourth-order valence-electron chi connectivity index (χ4n) is 2.78. The first-order chi connectivity index (χ1) is 15.2. The Morgan fingerprint density at radius 1 is 1.06 bits per heavy atom. The van der Waals surface area contributed by atoms with E-state index in [9.17, 15) is 18.8 Å². The third-order valence-corrected chi connectivity index (χ3v) is 4.75. The van der Waals surface area contributed by atoms with Gasteiger partial charge >= 0.3 is 5.69 Å². The van der Waals surface area contributed by atoms with Crippen molar-refractivity contribution in [2.45, 2.75) is 0 Å². The number of anilines is 1. The molecule has 0 amide bonds. The van der Waals surface area contributed by atoms with Crippen LogP contribution in [0, 0.1) is 5.82 Å². The molecule has 0 aliphatic heterocycles. The summed E-state index contributed by atoms with van der Waals surface area (Å²) in [6.07, 6.45) is 0. The Labute approximate surface area is 187 Å². The van der Waals surface area contributed by atoms with Gasteiger partial charge in [0.25, 0.3) is 11.1 Å². The van der Waals surface area contributed by atoms with Crippen LogP contribution in [0.25, 0.3) is 16.8 Å². The number of halogens is 3. The molecule has 0 aliphatic carbocycles. The molecule has 2 aromatic carbocycles. The average Bonchev–Trinajstić information content (AvgIpc) is 2.74. The van der Waals surface area contributed by atoms with Gasteiger partial charge in [0.05, 0.1) is 21.3 Å². The molecule has 10 nitrogen and oxygen atoms in total.